The van der Waals surface area contributed by atoms with E-state index in [1.807, 2.05) is 24.3 Å². The molecule has 0 saturated heterocycles. The summed E-state index contributed by atoms with van der Waals surface area (Å²) in [5.41, 5.74) is 2.28. The van der Waals surface area contributed by atoms with E-state index >= 15 is 0 Å². The largest absolute Gasteiger partial charge is 0.467 e. The molecule has 150 valence electrons. The molecule has 0 unspecified atom stereocenters. The summed E-state index contributed by atoms with van der Waals surface area (Å²) in [4.78, 5) is 39.7. The fraction of sp³-hybridized carbons (Fsp3) is 0.190. The van der Waals surface area contributed by atoms with Crippen LogP contribution in [0.2, 0.25) is 0 Å². The van der Waals surface area contributed by atoms with E-state index < -0.39 is 24.0 Å². The molecule has 3 rings (SSSR count). The van der Waals surface area contributed by atoms with E-state index in [2.05, 4.69) is 15.6 Å². The van der Waals surface area contributed by atoms with Crippen LogP contribution >= 0.6 is 0 Å². The minimum Gasteiger partial charge on any atom is -0.467 e. The van der Waals surface area contributed by atoms with Gasteiger partial charge in [-0.3, -0.25) is 0 Å². The molecular formula is C21H21N3O5. The number of hydrogen-bond acceptors (Lipinski definition) is 5. The number of nitrogens with one attached hydrogen (secondary N) is 3. The number of rotatable bonds is 6. The molecule has 2 amide bonds. The Labute approximate surface area is 167 Å². The number of amides is 2. The van der Waals surface area contributed by atoms with Gasteiger partial charge < -0.3 is 25.1 Å². The van der Waals surface area contributed by atoms with Gasteiger partial charge in [-0.05, 0) is 23.8 Å². The molecule has 0 aliphatic rings. The lowest BCUT2D eigenvalue weighted by atomic mass is 10.1. The van der Waals surface area contributed by atoms with Crippen molar-refractivity contribution in [2.45, 2.75) is 12.5 Å². The van der Waals surface area contributed by atoms with Gasteiger partial charge in [-0.15, -0.1) is 0 Å². The third kappa shape index (κ3) is 4.55. The summed E-state index contributed by atoms with van der Waals surface area (Å²) >= 11 is 0. The second-order valence-electron chi connectivity index (χ2n) is 6.27. The number of para-hydroxylation sites is 2. The van der Waals surface area contributed by atoms with Crippen LogP contribution in [0.15, 0.2) is 54.7 Å². The van der Waals surface area contributed by atoms with Crippen molar-refractivity contribution in [2.75, 3.05) is 19.5 Å². The molecule has 1 heterocycles. The number of H-pyrrole nitrogens is 1. The first-order chi connectivity index (χ1) is 14.0. The predicted octanol–water partition coefficient (Wildman–Crippen LogP) is 2.86. The molecule has 0 radical (unpaired) electrons. The number of benzene rings is 2. The van der Waals surface area contributed by atoms with Crippen LogP contribution in [0.25, 0.3) is 10.9 Å². The van der Waals surface area contributed by atoms with Crippen molar-refractivity contribution in [2.24, 2.45) is 0 Å². The first-order valence-corrected chi connectivity index (χ1v) is 8.91. The Bertz CT molecular complexity index is 1040. The Balaban J connectivity index is 1.76. The van der Waals surface area contributed by atoms with Crippen molar-refractivity contribution >= 4 is 34.6 Å². The van der Waals surface area contributed by atoms with Crippen LogP contribution in [-0.2, 0) is 20.7 Å². The third-order valence-electron chi connectivity index (χ3n) is 4.47. The van der Waals surface area contributed by atoms with Gasteiger partial charge in [0, 0.05) is 23.5 Å². The highest BCUT2D eigenvalue weighted by molar-refractivity contribution is 6.01. The molecule has 0 aliphatic heterocycles. The first kappa shape index (κ1) is 19.9. The second-order valence-corrected chi connectivity index (χ2v) is 6.27. The molecule has 1 aromatic heterocycles. The van der Waals surface area contributed by atoms with Crippen molar-refractivity contribution < 1.29 is 23.9 Å². The smallest absolute Gasteiger partial charge is 0.339 e. The minimum atomic E-state index is -0.913. The monoisotopic (exact) mass is 395 g/mol. The summed E-state index contributed by atoms with van der Waals surface area (Å²) in [6, 6.07) is 12.5. The van der Waals surface area contributed by atoms with E-state index in [-0.39, 0.29) is 17.7 Å². The van der Waals surface area contributed by atoms with Gasteiger partial charge in [0.1, 0.15) is 6.04 Å². The summed E-state index contributed by atoms with van der Waals surface area (Å²) in [6.07, 6.45) is 2.04. The molecule has 0 saturated carbocycles. The average Bonchev–Trinajstić information content (AvgIpc) is 3.15. The average molecular weight is 395 g/mol. The number of hydrogen-bond donors (Lipinski definition) is 3. The van der Waals surface area contributed by atoms with Gasteiger partial charge in [0.2, 0.25) is 0 Å². The number of fused-ring (bicyclic) bond motifs is 1. The summed E-state index contributed by atoms with van der Waals surface area (Å²) in [5.74, 6) is -1.16. The molecule has 3 N–H and O–H groups in total. The number of methoxy groups -OCH3 is 2. The fourth-order valence-corrected chi connectivity index (χ4v) is 3.05. The van der Waals surface area contributed by atoms with Crippen molar-refractivity contribution in [3.8, 4) is 0 Å². The second kappa shape index (κ2) is 8.92. The highest BCUT2D eigenvalue weighted by Crippen LogP contribution is 2.20. The Kier molecular flexibility index (Phi) is 6.13. The Morgan fingerprint density at radius 3 is 2.48 bits per heavy atom. The van der Waals surface area contributed by atoms with Gasteiger partial charge in [0.25, 0.3) is 0 Å². The molecule has 0 spiro atoms. The first-order valence-electron chi connectivity index (χ1n) is 8.91. The number of carbonyl (C=O) groups excluding carboxylic acids is 3. The zero-order valence-corrected chi connectivity index (χ0v) is 16.0. The zero-order chi connectivity index (χ0) is 20.8. The Morgan fingerprint density at radius 2 is 1.72 bits per heavy atom. The summed E-state index contributed by atoms with van der Waals surface area (Å²) in [7, 11) is 2.52. The normalized spacial score (nSPS) is 11.5. The SMILES string of the molecule is COC(=O)c1ccccc1NC(=O)N[C@H](Cc1c[nH]c2ccccc12)C(=O)OC. The standard InChI is InChI=1S/C21H21N3O5/c1-28-19(25)15-8-4-6-10-17(15)23-21(27)24-18(20(26)29-2)11-13-12-22-16-9-5-3-7-14(13)16/h3-10,12,18,22H,11H2,1-2H3,(H2,23,24,27)/t18-/m1/s1. The Morgan fingerprint density at radius 1 is 1.00 bits per heavy atom. The topological polar surface area (TPSA) is 110 Å². The quantitative estimate of drug-likeness (QED) is 0.556. The molecular weight excluding hydrogens is 374 g/mol. The molecule has 0 aliphatic carbocycles. The van der Waals surface area contributed by atoms with E-state index in [0.29, 0.717) is 0 Å². The summed E-state index contributed by atoms with van der Waals surface area (Å²) < 4.78 is 9.56. The number of carbonyl (C=O) groups is 3. The number of esters is 2. The summed E-state index contributed by atoms with van der Waals surface area (Å²) in [5, 5.41) is 6.16. The maximum Gasteiger partial charge on any atom is 0.339 e. The van der Waals surface area contributed by atoms with Crippen molar-refractivity contribution in [3.63, 3.8) is 0 Å². The molecule has 2 aromatic carbocycles. The van der Waals surface area contributed by atoms with E-state index in [1.54, 1.807) is 24.4 Å². The van der Waals surface area contributed by atoms with Crippen LogP contribution in [0.1, 0.15) is 15.9 Å². The highest BCUT2D eigenvalue weighted by Gasteiger charge is 2.24. The lowest BCUT2D eigenvalue weighted by Crippen LogP contribution is -2.45. The molecule has 29 heavy (non-hydrogen) atoms. The van der Waals surface area contributed by atoms with Gasteiger partial charge in [0.15, 0.2) is 0 Å². The maximum atomic E-state index is 12.5. The van der Waals surface area contributed by atoms with E-state index in [4.69, 9.17) is 9.47 Å². The van der Waals surface area contributed by atoms with Gasteiger partial charge in [-0.2, -0.15) is 0 Å². The maximum absolute atomic E-state index is 12.5. The number of anilines is 1. The summed E-state index contributed by atoms with van der Waals surface area (Å²) in [6.45, 7) is 0. The zero-order valence-electron chi connectivity index (χ0n) is 16.0. The van der Waals surface area contributed by atoms with Crippen LogP contribution < -0.4 is 10.6 Å². The number of aromatic amines is 1. The molecule has 8 nitrogen and oxygen atoms in total. The van der Waals surface area contributed by atoms with Crippen LogP contribution in [0.5, 0.6) is 0 Å². The van der Waals surface area contributed by atoms with Gasteiger partial charge in [-0.25, -0.2) is 14.4 Å². The number of urea groups is 1. The number of ether oxygens (including phenoxy) is 2. The highest BCUT2D eigenvalue weighted by atomic mass is 16.5. The minimum absolute atomic E-state index is 0.205. The predicted molar refractivity (Wildman–Crippen MR) is 108 cm³/mol. The molecule has 0 bridgehead atoms. The van der Waals surface area contributed by atoms with Crippen molar-refractivity contribution in [3.05, 3.63) is 65.9 Å². The van der Waals surface area contributed by atoms with Crippen molar-refractivity contribution in [1.82, 2.24) is 10.3 Å². The third-order valence-corrected chi connectivity index (χ3v) is 4.47. The van der Waals surface area contributed by atoms with Gasteiger partial charge >= 0.3 is 18.0 Å². The van der Waals surface area contributed by atoms with E-state index in [0.717, 1.165) is 16.5 Å². The van der Waals surface area contributed by atoms with Gasteiger partial charge in [0.05, 0.1) is 25.5 Å². The van der Waals surface area contributed by atoms with Crippen LogP contribution in [-0.4, -0.2) is 43.2 Å². The van der Waals surface area contributed by atoms with E-state index in [1.165, 1.54) is 20.3 Å². The fourth-order valence-electron chi connectivity index (χ4n) is 3.05. The van der Waals surface area contributed by atoms with Crippen LogP contribution in [0.4, 0.5) is 10.5 Å². The van der Waals surface area contributed by atoms with Crippen molar-refractivity contribution in [1.29, 1.82) is 0 Å². The Hall–Kier alpha value is -3.81. The van der Waals surface area contributed by atoms with Crippen LogP contribution in [0, 0.1) is 0 Å². The molecule has 1 atom stereocenters. The van der Waals surface area contributed by atoms with Gasteiger partial charge in [-0.1, -0.05) is 30.3 Å². The molecule has 8 heteroatoms. The van der Waals surface area contributed by atoms with Crippen LogP contribution in [0.3, 0.4) is 0 Å². The number of aromatic nitrogens is 1. The molecule has 3 aromatic rings. The molecule has 0 fully saturated rings. The lowest BCUT2D eigenvalue weighted by molar-refractivity contribution is -0.142. The lowest BCUT2D eigenvalue weighted by Gasteiger charge is -2.17. The van der Waals surface area contributed by atoms with E-state index in [9.17, 15) is 14.4 Å².